The highest BCUT2D eigenvalue weighted by molar-refractivity contribution is 6.31. The van der Waals surface area contributed by atoms with Gasteiger partial charge < -0.3 is 10.4 Å². The number of carboxylic acids is 1. The zero-order chi connectivity index (χ0) is 15.4. The van der Waals surface area contributed by atoms with Gasteiger partial charge >= 0.3 is 5.97 Å². The largest absolute Gasteiger partial charge is 0.480 e. The van der Waals surface area contributed by atoms with Gasteiger partial charge in [0.15, 0.2) is 0 Å². The van der Waals surface area contributed by atoms with Crippen molar-refractivity contribution >= 4 is 29.2 Å². The van der Waals surface area contributed by atoms with Gasteiger partial charge in [0.2, 0.25) is 0 Å². The van der Waals surface area contributed by atoms with E-state index >= 15 is 0 Å². The number of nitrogens with zero attached hydrogens (tertiary/aromatic N) is 1. The number of carbonyl (C=O) groups is 2. The van der Waals surface area contributed by atoms with Crippen LogP contribution in [0.5, 0.6) is 0 Å². The first-order valence-corrected chi connectivity index (χ1v) is 6.09. The van der Waals surface area contributed by atoms with Crippen LogP contribution in [0.1, 0.15) is 24.2 Å². The molecule has 1 amide bonds. The van der Waals surface area contributed by atoms with E-state index in [1.54, 1.807) is 13.8 Å². The Morgan fingerprint density at radius 2 is 2.00 bits per heavy atom. The molecule has 0 saturated carbocycles. The molecule has 0 unspecified atom stereocenters. The summed E-state index contributed by atoms with van der Waals surface area (Å²) in [7, 11) is 0. The van der Waals surface area contributed by atoms with Crippen molar-refractivity contribution in [3.8, 4) is 0 Å². The molecule has 0 heterocycles. The minimum Gasteiger partial charge on any atom is -0.480 e. The van der Waals surface area contributed by atoms with Crippen molar-refractivity contribution in [2.24, 2.45) is 5.92 Å². The Morgan fingerprint density at radius 3 is 2.45 bits per heavy atom. The minimum atomic E-state index is -1.20. The van der Waals surface area contributed by atoms with E-state index in [4.69, 9.17) is 16.7 Å². The van der Waals surface area contributed by atoms with Gasteiger partial charge in [0, 0.05) is 11.1 Å². The summed E-state index contributed by atoms with van der Waals surface area (Å²) in [5, 5.41) is 22.3. The number of aliphatic carboxylic acids is 1. The van der Waals surface area contributed by atoms with Crippen LogP contribution in [0, 0.1) is 16.0 Å². The van der Waals surface area contributed by atoms with Crippen molar-refractivity contribution in [1.29, 1.82) is 0 Å². The second kappa shape index (κ2) is 6.33. The standard InChI is InChI=1S/C12H13ClN2O5/c1-6(2)10(12(17)18)14-11(16)8-4-3-7(13)5-9(8)15(19)20/h3-6,10H,1-2H3,(H,14,16)(H,17,18)/t10-/m0/s1. The predicted molar refractivity (Wildman–Crippen MR) is 71.8 cm³/mol. The third-order valence-corrected chi connectivity index (χ3v) is 2.86. The van der Waals surface area contributed by atoms with Crippen LogP contribution in [0.4, 0.5) is 5.69 Å². The summed E-state index contributed by atoms with van der Waals surface area (Å²) in [5.41, 5.74) is -0.700. The van der Waals surface area contributed by atoms with Crippen molar-refractivity contribution in [3.05, 3.63) is 38.9 Å². The number of amides is 1. The Morgan fingerprint density at radius 1 is 1.40 bits per heavy atom. The normalized spacial score (nSPS) is 12.0. The summed E-state index contributed by atoms with van der Waals surface area (Å²) in [6.45, 7) is 3.24. The lowest BCUT2D eigenvalue weighted by Gasteiger charge is -2.17. The van der Waals surface area contributed by atoms with Crippen molar-refractivity contribution in [2.75, 3.05) is 0 Å². The molecule has 1 atom stereocenters. The number of nitro groups is 1. The van der Waals surface area contributed by atoms with E-state index in [9.17, 15) is 19.7 Å². The van der Waals surface area contributed by atoms with E-state index in [1.165, 1.54) is 12.1 Å². The summed E-state index contributed by atoms with van der Waals surface area (Å²) in [6, 6.07) is 2.43. The third kappa shape index (κ3) is 3.67. The molecule has 8 heteroatoms. The van der Waals surface area contributed by atoms with Gasteiger partial charge in [0.25, 0.3) is 11.6 Å². The predicted octanol–water partition coefficient (Wildman–Crippen LogP) is 2.09. The van der Waals surface area contributed by atoms with E-state index in [-0.39, 0.29) is 16.5 Å². The zero-order valence-electron chi connectivity index (χ0n) is 10.8. The fourth-order valence-corrected chi connectivity index (χ4v) is 1.75. The molecular formula is C12H13ClN2O5. The Hall–Kier alpha value is -2.15. The molecule has 1 aromatic rings. The van der Waals surface area contributed by atoms with Crippen LogP contribution in [-0.2, 0) is 4.79 Å². The molecule has 0 bridgehead atoms. The van der Waals surface area contributed by atoms with Gasteiger partial charge in [-0.15, -0.1) is 0 Å². The first-order chi connectivity index (χ1) is 9.23. The van der Waals surface area contributed by atoms with E-state index < -0.39 is 28.5 Å². The first kappa shape index (κ1) is 15.9. The number of nitrogens with one attached hydrogen (secondary N) is 1. The summed E-state index contributed by atoms with van der Waals surface area (Å²) in [4.78, 5) is 33.1. The van der Waals surface area contributed by atoms with Crippen molar-refractivity contribution < 1.29 is 19.6 Å². The van der Waals surface area contributed by atoms with Crippen LogP contribution in [0.2, 0.25) is 5.02 Å². The van der Waals surface area contributed by atoms with Gasteiger partial charge in [-0.25, -0.2) is 4.79 Å². The van der Waals surface area contributed by atoms with E-state index in [0.717, 1.165) is 6.07 Å². The van der Waals surface area contributed by atoms with Crippen LogP contribution in [-0.4, -0.2) is 27.9 Å². The molecule has 0 aliphatic carbocycles. The van der Waals surface area contributed by atoms with E-state index in [0.29, 0.717) is 0 Å². The van der Waals surface area contributed by atoms with E-state index in [1.807, 2.05) is 0 Å². The molecule has 0 aliphatic rings. The number of benzene rings is 1. The quantitative estimate of drug-likeness (QED) is 0.639. The van der Waals surface area contributed by atoms with Gasteiger partial charge in [-0.3, -0.25) is 14.9 Å². The lowest BCUT2D eigenvalue weighted by Crippen LogP contribution is -2.44. The second-order valence-electron chi connectivity index (χ2n) is 4.45. The molecule has 0 saturated heterocycles. The van der Waals surface area contributed by atoms with Crippen molar-refractivity contribution in [2.45, 2.75) is 19.9 Å². The highest BCUT2D eigenvalue weighted by Crippen LogP contribution is 2.23. The fourth-order valence-electron chi connectivity index (χ4n) is 1.58. The lowest BCUT2D eigenvalue weighted by molar-refractivity contribution is -0.385. The Kier molecular flexibility index (Phi) is 5.04. The summed E-state index contributed by atoms with van der Waals surface area (Å²) < 4.78 is 0. The highest BCUT2D eigenvalue weighted by Gasteiger charge is 2.27. The molecule has 7 nitrogen and oxygen atoms in total. The van der Waals surface area contributed by atoms with Crippen LogP contribution in [0.3, 0.4) is 0 Å². The molecule has 0 aromatic heterocycles. The van der Waals surface area contributed by atoms with Gasteiger partial charge in [0.05, 0.1) is 4.92 Å². The molecule has 0 aliphatic heterocycles. The lowest BCUT2D eigenvalue weighted by atomic mass is 10.0. The summed E-state index contributed by atoms with van der Waals surface area (Å²) in [5.74, 6) is -2.39. The molecule has 0 radical (unpaired) electrons. The van der Waals surface area contributed by atoms with E-state index in [2.05, 4.69) is 5.32 Å². The molecular weight excluding hydrogens is 288 g/mol. The van der Waals surface area contributed by atoms with Gasteiger partial charge in [0.1, 0.15) is 11.6 Å². The summed E-state index contributed by atoms with van der Waals surface area (Å²) >= 11 is 5.64. The minimum absolute atomic E-state index is 0.117. The Bertz CT molecular complexity index is 559. The number of halogens is 1. The Labute approximate surface area is 119 Å². The maximum Gasteiger partial charge on any atom is 0.326 e. The van der Waals surface area contributed by atoms with Crippen LogP contribution >= 0.6 is 11.6 Å². The third-order valence-electron chi connectivity index (χ3n) is 2.62. The molecule has 108 valence electrons. The fraction of sp³-hybridized carbons (Fsp3) is 0.333. The molecule has 20 heavy (non-hydrogen) atoms. The smallest absolute Gasteiger partial charge is 0.326 e. The monoisotopic (exact) mass is 300 g/mol. The Balaban J connectivity index is 3.09. The number of hydrogen-bond acceptors (Lipinski definition) is 4. The van der Waals surface area contributed by atoms with Gasteiger partial charge in [-0.05, 0) is 18.1 Å². The number of carboxylic acid groups (broad SMARTS) is 1. The molecule has 1 rings (SSSR count). The molecule has 0 fully saturated rings. The first-order valence-electron chi connectivity index (χ1n) is 5.71. The topological polar surface area (TPSA) is 110 Å². The van der Waals surface area contributed by atoms with Crippen molar-refractivity contribution in [1.82, 2.24) is 5.32 Å². The molecule has 0 spiro atoms. The maximum absolute atomic E-state index is 12.0. The average Bonchev–Trinajstić information content (AvgIpc) is 2.34. The number of hydrogen-bond donors (Lipinski definition) is 2. The molecule has 2 N–H and O–H groups in total. The number of carbonyl (C=O) groups excluding carboxylic acids is 1. The average molecular weight is 301 g/mol. The molecule has 1 aromatic carbocycles. The van der Waals surface area contributed by atoms with Crippen LogP contribution in [0.25, 0.3) is 0 Å². The number of rotatable bonds is 5. The summed E-state index contributed by atoms with van der Waals surface area (Å²) in [6.07, 6.45) is 0. The zero-order valence-corrected chi connectivity index (χ0v) is 11.5. The van der Waals surface area contributed by atoms with Gasteiger partial charge in [-0.2, -0.15) is 0 Å². The van der Waals surface area contributed by atoms with Crippen molar-refractivity contribution in [3.63, 3.8) is 0 Å². The van der Waals surface area contributed by atoms with Crippen LogP contribution in [0.15, 0.2) is 18.2 Å². The highest BCUT2D eigenvalue weighted by atomic mass is 35.5. The van der Waals surface area contributed by atoms with Gasteiger partial charge in [-0.1, -0.05) is 25.4 Å². The maximum atomic E-state index is 12.0. The number of nitro benzene ring substituents is 1. The second-order valence-corrected chi connectivity index (χ2v) is 4.89. The SMILES string of the molecule is CC(C)[C@H](NC(=O)c1ccc(Cl)cc1[N+](=O)[O-])C(=O)O. The van der Waals surface area contributed by atoms with Crippen LogP contribution < -0.4 is 5.32 Å².